The monoisotopic (exact) mass is 397 g/mol. The molecule has 2 aromatic rings. The van der Waals surface area contributed by atoms with Gasteiger partial charge in [-0.05, 0) is 36.5 Å². The zero-order valence-corrected chi connectivity index (χ0v) is 17.8. The Hall–Kier alpha value is -2.89. The van der Waals surface area contributed by atoms with E-state index in [9.17, 15) is 0 Å². The van der Waals surface area contributed by atoms with E-state index >= 15 is 0 Å². The summed E-state index contributed by atoms with van der Waals surface area (Å²) in [5.41, 5.74) is 2.39. The number of rotatable bonds is 7. The highest BCUT2D eigenvalue weighted by Crippen LogP contribution is 2.39. The summed E-state index contributed by atoms with van der Waals surface area (Å²) < 4.78 is 16.4. The molecule has 1 fully saturated rings. The van der Waals surface area contributed by atoms with Crippen molar-refractivity contribution in [3.8, 4) is 17.2 Å². The number of guanidine groups is 1. The Morgan fingerprint density at radius 3 is 2.45 bits per heavy atom. The van der Waals surface area contributed by atoms with Gasteiger partial charge in [0.15, 0.2) is 17.5 Å². The van der Waals surface area contributed by atoms with Crippen LogP contribution in [0.15, 0.2) is 47.5 Å². The molecule has 0 bridgehead atoms. The number of aliphatic imine (C=N–C) groups is 1. The molecular formula is C23H31N3O3. The average Bonchev–Trinajstić information content (AvgIpc) is 3.22. The molecule has 1 N–H and O–H groups in total. The van der Waals surface area contributed by atoms with Crippen molar-refractivity contribution in [1.29, 1.82) is 0 Å². The number of likely N-dealkylation sites (tertiary alicyclic amines) is 1. The maximum atomic E-state index is 5.59. The van der Waals surface area contributed by atoms with Crippen LogP contribution in [0.1, 0.15) is 17.5 Å². The first-order valence-electron chi connectivity index (χ1n) is 9.97. The molecule has 6 heteroatoms. The molecule has 0 saturated carbocycles. The predicted octanol–water partition coefficient (Wildman–Crippen LogP) is 3.35. The minimum atomic E-state index is 0.593. The first-order valence-corrected chi connectivity index (χ1v) is 9.97. The third kappa shape index (κ3) is 4.94. The Morgan fingerprint density at radius 1 is 1.03 bits per heavy atom. The summed E-state index contributed by atoms with van der Waals surface area (Å²) in [6, 6.07) is 14.6. The summed E-state index contributed by atoms with van der Waals surface area (Å²) in [7, 11) is 6.72. The maximum Gasteiger partial charge on any atom is 0.203 e. The second kappa shape index (κ2) is 10.0. The van der Waals surface area contributed by atoms with Crippen LogP contribution >= 0.6 is 0 Å². The minimum Gasteiger partial charge on any atom is -0.493 e. The fraction of sp³-hybridized carbons (Fsp3) is 0.435. The van der Waals surface area contributed by atoms with Crippen molar-refractivity contribution in [2.24, 2.45) is 10.9 Å². The standard InChI is InChI=1S/C23H31N3O3/c1-24-23(26-13-12-18(16-26)14-17-8-6-5-7-9-17)25-15-19-10-11-20(27-2)22(29-4)21(19)28-3/h5-11,18H,12-16H2,1-4H3,(H,24,25). The van der Waals surface area contributed by atoms with Gasteiger partial charge in [0, 0.05) is 32.2 Å². The van der Waals surface area contributed by atoms with Gasteiger partial charge in [-0.1, -0.05) is 30.3 Å². The second-order valence-electron chi connectivity index (χ2n) is 7.18. The predicted molar refractivity (Wildman–Crippen MR) is 116 cm³/mol. The average molecular weight is 398 g/mol. The van der Waals surface area contributed by atoms with E-state index in [-0.39, 0.29) is 0 Å². The normalized spacial score (nSPS) is 16.6. The Bertz CT molecular complexity index is 824. The van der Waals surface area contributed by atoms with E-state index in [0.717, 1.165) is 31.0 Å². The summed E-state index contributed by atoms with van der Waals surface area (Å²) >= 11 is 0. The van der Waals surface area contributed by atoms with E-state index in [1.807, 2.05) is 19.2 Å². The molecule has 2 aromatic carbocycles. The number of methoxy groups -OCH3 is 3. The Balaban J connectivity index is 1.63. The van der Waals surface area contributed by atoms with E-state index in [4.69, 9.17) is 14.2 Å². The summed E-state index contributed by atoms with van der Waals surface area (Å²) in [6.45, 7) is 2.62. The molecule has 0 radical (unpaired) electrons. The lowest BCUT2D eigenvalue weighted by molar-refractivity contribution is 0.322. The Morgan fingerprint density at radius 2 is 1.79 bits per heavy atom. The SMILES string of the molecule is CN=C(NCc1ccc(OC)c(OC)c1OC)N1CCC(Cc2ccccc2)C1. The Labute approximate surface area is 173 Å². The van der Waals surface area contributed by atoms with Gasteiger partial charge >= 0.3 is 0 Å². The summed E-state index contributed by atoms with van der Waals surface area (Å²) in [6.07, 6.45) is 2.28. The van der Waals surface area contributed by atoms with Crippen LogP contribution in [0.5, 0.6) is 17.2 Å². The van der Waals surface area contributed by atoms with Crippen LogP contribution < -0.4 is 19.5 Å². The molecule has 6 nitrogen and oxygen atoms in total. The van der Waals surface area contributed by atoms with Gasteiger partial charge in [0.1, 0.15) is 0 Å². The van der Waals surface area contributed by atoms with Crippen molar-refractivity contribution in [3.63, 3.8) is 0 Å². The van der Waals surface area contributed by atoms with E-state index in [2.05, 4.69) is 45.5 Å². The van der Waals surface area contributed by atoms with E-state index in [1.54, 1.807) is 21.3 Å². The minimum absolute atomic E-state index is 0.593. The zero-order valence-electron chi connectivity index (χ0n) is 17.8. The van der Waals surface area contributed by atoms with Crippen molar-refractivity contribution in [1.82, 2.24) is 10.2 Å². The molecule has 0 spiro atoms. The Kier molecular flexibility index (Phi) is 7.22. The molecule has 3 rings (SSSR count). The highest BCUT2D eigenvalue weighted by molar-refractivity contribution is 5.80. The fourth-order valence-electron chi connectivity index (χ4n) is 3.95. The summed E-state index contributed by atoms with van der Waals surface area (Å²) in [5.74, 6) is 3.50. The smallest absolute Gasteiger partial charge is 0.203 e. The second-order valence-corrected chi connectivity index (χ2v) is 7.18. The van der Waals surface area contributed by atoms with Crippen molar-refractivity contribution in [2.75, 3.05) is 41.5 Å². The lowest BCUT2D eigenvalue weighted by atomic mass is 9.99. The van der Waals surface area contributed by atoms with Gasteiger partial charge in [-0.3, -0.25) is 4.99 Å². The van der Waals surface area contributed by atoms with Crippen LogP contribution in [0.2, 0.25) is 0 Å². The van der Waals surface area contributed by atoms with Crippen LogP contribution in [-0.4, -0.2) is 52.3 Å². The molecule has 1 atom stereocenters. The van der Waals surface area contributed by atoms with Gasteiger partial charge in [0.25, 0.3) is 0 Å². The molecule has 29 heavy (non-hydrogen) atoms. The van der Waals surface area contributed by atoms with Gasteiger partial charge in [-0.15, -0.1) is 0 Å². The lowest BCUT2D eigenvalue weighted by Gasteiger charge is -2.23. The van der Waals surface area contributed by atoms with E-state index < -0.39 is 0 Å². The van der Waals surface area contributed by atoms with Crippen molar-refractivity contribution >= 4 is 5.96 Å². The van der Waals surface area contributed by atoms with Gasteiger partial charge in [-0.2, -0.15) is 0 Å². The fourth-order valence-corrected chi connectivity index (χ4v) is 3.95. The highest BCUT2D eigenvalue weighted by Gasteiger charge is 2.25. The molecule has 1 aliphatic heterocycles. The molecule has 1 aliphatic rings. The molecule has 1 unspecified atom stereocenters. The number of nitrogens with zero attached hydrogens (tertiary/aromatic N) is 2. The number of hydrogen-bond donors (Lipinski definition) is 1. The van der Waals surface area contributed by atoms with Gasteiger partial charge < -0.3 is 24.4 Å². The third-order valence-electron chi connectivity index (χ3n) is 5.39. The molecule has 0 amide bonds. The van der Waals surface area contributed by atoms with Gasteiger partial charge in [0.2, 0.25) is 5.75 Å². The van der Waals surface area contributed by atoms with Crippen LogP contribution in [0.3, 0.4) is 0 Å². The van der Waals surface area contributed by atoms with Crippen LogP contribution in [0.25, 0.3) is 0 Å². The van der Waals surface area contributed by atoms with Crippen molar-refractivity contribution in [3.05, 3.63) is 53.6 Å². The van der Waals surface area contributed by atoms with Crippen LogP contribution in [0, 0.1) is 5.92 Å². The number of benzene rings is 2. The molecule has 1 heterocycles. The molecule has 1 saturated heterocycles. The summed E-state index contributed by atoms with van der Waals surface area (Å²) in [5, 5.41) is 3.48. The van der Waals surface area contributed by atoms with Crippen molar-refractivity contribution in [2.45, 2.75) is 19.4 Å². The number of hydrogen-bond acceptors (Lipinski definition) is 4. The van der Waals surface area contributed by atoms with E-state index in [1.165, 1.54) is 12.0 Å². The van der Waals surface area contributed by atoms with Gasteiger partial charge in [0.05, 0.1) is 21.3 Å². The molecular weight excluding hydrogens is 366 g/mol. The third-order valence-corrected chi connectivity index (χ3v) is 5.39. The highest BCUT2D eigenvalue weighted by atomic mass is 16.5. The van der Waals surface area contributed by atoms with Crippen molar-refractivity contribution < 1.29 is 14.2 Å². The lowest BCUT2D eigenvalue weighted by Crippen LogP contribution is -2.39. The molecule has 0 aromatic heterocycles. The summed E-state index contributed by atoms with van der Waals surface area (Å²) in [4.78, 5) is 6.83. The molecule has 156 valence electrons. The van der Waals surface area contributed by atoms with Crippen LogP contribution in [0.4, 0.5) is 0 Å². The quantitative estimate of drug-likeness (QED) is 0.574. The largest absolute Gasteiger partial charge is 0.493 e. The van der Waals surface area contributed by atoms with Crippen LogP contribution in [-0.2, 0) is 13.0 Å². The van der Waals surface area contributed by atoms with E-state index in [0.29, 0.717) is 29.7 Å². The molecule has 0 aliphatic carbocycles. The first kappa shape index (κ1) is 20.8. The number of nitrogens with one attached hydrogen (secondary N) is 1. The zero-order chi connectivity index (χ0) is 20.6. The maximum absolute atomic E-state index is 5.59. The number of ether oxygens (including phenoxy) is 3. The van der Waals surface area contributed by atoms with Gasteiger partial charge in [-0.25, -0.2) is 0 Å². The topological polar surface area (TPSA) is 55.3 Å². The first-order chi connectivity index (χ1) is 14.2.